The van der Waals surface area contributed by atoms with Crippen LogP contribution in [-0.4, -0.2) is 50.0 Å². The molecule has 3 aromatic rings. The number of methoxy groups -OCH3 is 2. The average molecular weight is 465 g/mol. The van der Waals surface area contributed by atoms with Crippen LogP contribution in [0.3, 0.4) is 0 Å². The Labute approximate surface area is 198 Å². The molecular formula is C26H29FN4O3. The summed E-state index contributed by atoms with van der Waals surface area (Å²) >= 11 is 0. The standard InChI is InChI=1S/C26H29FN4O3/c1-33-23-11-5-18(16-24(23)34-2)13-14-28-26(32)20-4-3-15-31(17-20)25-12-10-22(29-30-25)19-6-8-21(27)9-7-19/h5-12,16,20H,3-4,13-15,17H2,1-2H3,(H,28,32)/t20-/m1/s1. The van der Waals surface area contributed by atoms with Gasteiger partial charge in [-0.05, 0) is 73.4 Å². The normalized spacial score (nSPS) is 15.6. The fourth-order valence-electron chi connectivity index (χ4n) is 4.18. The summed E-state index contributed by atoms with van der Waals surface area (Å²) in [6, 6.07) is 15.7. The maximum absolute atomic E-state index is 13.1. The molecule has 0 spiro atoms. The summed E-state index contributed by atoms with van der Waals surface area (Å²) in [5.41, 5.74) is 2.57. The van der Waals surface area contributed by atoms with E-state index in [2.05, 4.69) is 20.4 Å². The summed E-state index contributed by atoms with van der Waals surface area (Å²) in [6.07, 6.45) is 2.47. The van der Waals surface area contributed by atoms with Crippen molar-refractivity contribution in [3.63, 3.8) is 0 Å². The van der Waals surface area contributed by atoms with E-state index < -0.39 is 0 Å². The number of anilines is 1. The molecule has 0 unspecified atom stereocenters. The second-order valence-electron chi connectivity index (χ2n) is 8.30. The van der Waals surface area contributed by atoms with Crippen molar-refractivity contribution in [2.45, 2.75) is 19.3 Å². The van der Waals surface area contributed by atoms with Gasteiger partial charge in [0, 0.05) is 25.2 Å². The Balaban J connectivity index is 1.31. The number of carbonyl (C=O) groups excluding carboxylic acids is 1. The molecule has 4 rings (SSSR count). The Morgan fingerprint density at radius 2 is 1.85 bits per heavy atom. The molecule has 2 heterocycles. The van der Waals surface area contributed by atoms with E-state index in [0.717, 1.165) is 36.3 Å². The molecule has 0 bridgehead atoms. The van der Waals surface area contributed by atoms with Crippen LogP contribution in [0.25, 0.3) is 11.3 Å². The molecular weight excluding hydrogens is 435 g/mol. The van der Waals surface area contributed by atoms with Crippen LogP contribution in [0.15, 0.2) is 54.6 Å². The van der Waals surface area contributed by atoms with E-state index in [9.17, 15) is 9.18 Å². The van der Waals surface area contributed by atoms with Gasteiger partial charge in [-0.25, -0.2) is 4.39 Å². The molecule has 0 radical (unpaired) electrons. The topological polar surface area (TPSA) is 76.6 Å². The van der Waals surface area contributed by atoms with Crippen LogP contribution in [0.2, 0.25) is 0 Å². The summed E-state index contributed by atoms with van der Waals surface area (Å²) in [5, 5.41) is 11.7. The van der Waals surface area contributed by atoms with Gasteiger partial charge in [0.15, 0.2) is 17.3 Å². The molecule has 1 aliphatic rings. The molecule has 1 N–H and O–H groups in total. The zero-order chi connectivity index (χ0) is 23.9. The van der Waals surface area contributed by atoms with Gasteiger partial charge in [0.25, 0.3) is 0 Å². The Morgan fingerprint density at radius 1 is 1.06 bits per heavy atom. The molecule has 1 amide bonds. The summed E-state index contributed by atoms with van der Waals surface area (Å²) < 4.78 is 23.8. The number of ether oxygens (including phenoxy) is 2. The molecule has 1 fully saturated rings. The Hall–Kier alpha value is -3.68. The lowest BCUT2D eigenvalue weighted by Crippen LogP contribution is -2.43. The van der Waals surface area contributed by atoms with Gasteiger partial charge < -0.3 is 19.7 Å². The lowest BCUT2D eigenvalue weighted by Gasteiger charge is -2.32. The summed E-state index contributed by atoms with van der Waals surface area (Å²) in [4.78, 5) is 14.9. The van der Waals surface area contributed by atoms with E-state index in [1.807, 2.05) is 30.3 Å². The third-order valence-corrected chi connectivity index (χ3v) is 6.07. The van der Waals surface area contributed by atoms with Gasteiger partial charge in [0.2, 0.25) is 5.91 Å². The maximum Gasteiger partial charge on any atom is 0.224 e. The quantitative estimate of drug-likeness (QED) is 0.545. The second kappa shape index (κ2) is 11.0. The highest BCUT2D eigenvalue weighted by Crippen LogP contribution is 2.28. The first-order valence-electron chi connectivity index (χ1n) is 11.4. The van der Waals surface area contributed by atoms with Gasteiger partial charge in [-0.3, -0.25) is 4.79 Å². The van der Waals surface area contributed by atoms with Crippen molar-refractivity contribution < 1.29 is 18.7 Å². The number of halogens is 1. The Bertz CT molecular complexity index is 1110. The molecule has 2 aromatic carbocycles. The van der Waals surface area contributed by atoms with Crippen LogP contribution >= 0.6 is 0 Å². The van der Waals surface area contributed by atoms with Gasteiger partial charge in [-0.1, -0.05) is 6.07 Å². The molecule has 34 heavy (non-hydrogen) atoms. The minimum atomic E-state index is -0.283. The summed E-state index contributed by atoms with van der Waals surface area (Å²) in [6.45, 7) is 1.99. The SMILES string of the molecule is COc1ccc(CCNC(=O)[C@@H]2CCCN(c3ccc(-c4ccc(F)cc4)nn3)C2)cc1OC. The number of rotatable bonds is 8. The first-order chi connectivity index (χ1) is 16.6. The lowest BCUT2D eigenvalue weighted by molar-refractivity contribution is -0.125. The number of nitrogens with one attached hydrogen (secondary N) is 1. The summed E-state index contributed by atoms with van der Waals surface area (Å²) in [5.74, 6) is 1.79. The highest BCUT2D eigenvalue weighted by atomic mass is 19.1. The van der Waals surface area contributed by atoms with Crippen LogP contribution in [0.1, 0.15) is 18.4 Å². The van der Waals surface area contributed by atoms with Crippen LogP contribution in [0.4, 0.5) is 10.2 Å². The number of piperidine rings is 1. The minimum absolute atomic E-state index is 0.0565. The van der Waals surface area contributed by atoms with E-state index in [1.54, 1.807) is 26.4 Å². The number of nitrogens with zero attached hydrogens (tertiary/aromatic N) is 3. The molecule has 1 saturated heterocycles. The van der Waals surface area contributed by atoms with Crippen molar-refractivity contribution in [2.24, 2.45) is 5.92 Å². The van der Waals surface area contributed by atoms with Crippen molar-refractivity contribution in [1.29, 1.82) is 0 Å². The number of amides is 1. The zero-order valence-corrected chi connectivity index (χ0v) is 19.5. The maximum atomic E-state index is 13.1. The van der Waals surface area contributed by atoms with Crippen molar-refractivity contribution >= 4 is 11.7 Å². The fraction of sp³-hybridized carbons (Fsp3) is 0.346. The lowest BCUT2D eigenvalue weighted by atomic mass is 9.97. The van der Waals surface area contributed by atoms with Crippen molar-refractivity contribution in [3.8, 4) is 22.8 Å². The Kier molecular flexibility index (Phi) is 7.57. The van der Waals surface area contributed by atoms with Crippen molar-refractivity contribution in [2.75, 3.05) is 38.8 Å². The number of hydrogen-bond donors (Lipinski definition) is 1. The molecule has 1 atom stereocenters. The number of hydrogen-bond acceptors (Lipinski definition) is 6. The van der Waals surface area contributed by atoms with E-state index in [0.29, 0.717) is 36.7 Å². The largest absolute Gasteiger partial charge is 0.493 e. The first-order valence-corrected chi connectivity index (χ1v) is 11.4. The monoisotopic (exact) mass is 464 g/mol. The van der Waals surface area contributed by atoms with E-state index in [1.165, 1.54) is 12.1 Å². The van der Waals surface area contributed by atoms with Crippen LogP contribution < -0.4 is 19.7 Å². The number of carbonyl (C=O) groups is 1. The molecule has 8 heteroatoms. The number of aromatic nitrogens is 2. The predicted octanol–water partition coefficient (Wildman–Crippen LogP) is 3.88. The summed E-state index contributed by atoms with van der Waals surface area (Å²) in [7, 11) is 3.22. The highest BCUT2D eigenvalue weighted by molar-refractivity contribution is 5.79. The minimum Gasteiger partial charge on any atom is -0.493 e. The molecule has 0 saturated carbocycles. The van der Waals surface area contributed by atoms with Crippen LogP contribution in [0, 0.1) is 11.7 Å². The van der Waals surface area contributed by atoms with E-state index >= 15 is 0 Å². The van der Waals surface area contributed by atoms with Crippen molar-refractivity contribution in [1.82, 2.24) is 15.5 Å². The van der Waals surface area contributed by atoms with Crippen LogP contribution in [-0.2, 0) is 11.2 Å². The predicted molar refractivity (Wildman–Crippen MR) is 129 cm³/mol. The van der Waals surface area contributed by atoms with Crippen molar-refractivity contribution in [3.05, 3.63) is 66.0 Å². The third-order valence-electron chi connectivity index (χ3n) is 6.07. The average Bonchev–Trinajstić information content (AvgIpc) is 2.89. The van der Waals surface area contributed by atoms with Gasteiger partial charge in [-0.15, -0.1) is 10.2 Å². The molecule has 1 aliphatic heterocycles. The molecule has 178 valence electrons. The van der Waals surface area contributed by atoms with Gasteiger partial charge in [-0.2, -0.15) is 0 Å². The Morgan fingerprint density at radius 3 is 2.56 bits per heavy atom. The van der Waals surface area contributed by atoms with E-state index in [-0.39, 0.29) is 17.6 Å². The highest BCUT2D eigenvalue weighted by Gasteiger charge is 2.26. The van der Waals surface area contributed by atoms with Crippen LogP contribution in [0.5, 0.6) is 11.5 Å². The molecule has 1 aromatic heterocycles. The van der Waals surface area contributed by atoms with Gasteiger partial charge >= 0.3 is 0 Å². The van der Waals surface area contributed by atoms with E-state index in [4.69, 9.17) is 9.47 Å². The molecule has 0 aliphatic carbocycles. The fourth-order valence-corrected chi connectivity index (χ4v) is 4.18. The third kappa shape index (κ3) is 5.62. The second-order valence-corrected chi connectivity index (χ2v) is 8.30. The first kappa shape index (κ1) is 23.5. The van der Waals surface area contributed by atoms with Gasteiger partial charge in [0.05, 0.1) is 25.8 Å². The smallest absolute Gasteiger partial charge is 0.224 e. The van der Waals surface area contributed by atoms with Gasteiger partial charge in [0.1, 0.15) is 5.82 Å². The number of benzene rings is 2. The zero-order valence-electron chi connectivity index (χ0n) is 19.5. The molecule has 7 nitrogen and oxygen atoms in total.